The fourth-order valence-electron chi connectivity index (χ4n) is 2.99. The van der Waals surface area contributed by atoms with Crippen molar-refractivity contribution >= 4 is 5.69 Å². The third-order valence-corrected chi connectivity index (χ3v) is 4.13. The second kappa shape index (κ2) is 6.17. The lowest BCUT2D eigenvalue weighted by Crippen LogP contribution is -2.09. The van der Waals surface area contributed by atoms with Crippen molar-refractivity contribution < 1.29 is 9.13 Å². The van der Waals surface area contributed by atoms with Crippen LogP contribution in [0.2, 0.25) is 0 Å². The van der Waals surface area contributed by atoms with E-state index in [4.69, 9.17) is 4.74 Å². The molecule has 3 heteroatoms. The molecule has 0 bridgehead atoms. The number of fused-ring (bicyclic) bond motifs is 1. The van der Waals surface area contributed by atoms with Crippen LogP contribution in [0.15, 0.2) is 36.4 Å². The molecule has 0 spiro atoms. The monoisotopic (exact) mass is 285 g/mol. The van der Waals surface area contributed by atoms with Gasteiger partial charge in [-0.25, -0.2) is 4.39 Å². The standard InChI is InChI=1S/C18H20FNO/c1-21-17-11-5-8-14(18(17)19)12-20-16-10-4-7-13-6-2-3-9-15(13)16/h4-5,7-8,10-11,20H,2-3,6,9,12H2,1H3. The molecule has 0 aromatic heterocycles. The lowest BCUT2D eigenvalue weighted by molar-refractivity contribution is 0.384. The number of anilines is 1. The van der Waals surface area contributed by atoms with E-state index in [9.17, 15) is 4.39 Å². The summed E-state index contributed by atoms with van der Waals surface area (Å²) in [6, 6.07) is 11.6. The van der Waals surface area contributed by atoms with Crippen LogP contribution in [0.4, 0.5) is 10.1 Å². The van der Waals surface area contributed by atoms with Crippen molar-refractivity contribution in [3.8, 4) is 5.75 Å². The largest absolute Gasteiger partial charge is 0.494 e. The zero-order valence-corrected chi connectivity index (χ0v) is 12.3. The Morgan fingerprint density at radius 1 is 1.10 bits per heavy atom. The number of aryl methyl sites for hydroxylation is 1. The zero-order chi connectivity index (χ0) is 14.7. The minimum atomic E-state index is -0.280. The number of ether oxygens (including phenoxy) is 1. The van der Waals surface area contributed by atoms with E-state index in [0.717, 1.165) is 18.5 Å². The molecule has 0 aliphatic heterocycles. The molecule has 3 rings (SSSR count). The lowest BCUT2D eigenvalue weighted by Gasteiger charge is -2.20. The number of hydrogen-bond donors (Lipinski definition) is 1. The Kier molecular flexibility index (Phi) is 4.09. The van der Waals surface area contributed by atoms with Gasteiger partial charge in [0.05, 0.1) is 7.11 Å². The molecular formula is C18H20FNO. The van der Waals surface area contributed by atoms with Crippen LogP contribution in [0.5, 0.6) is 5.75 Å². The highest BCUT2D eigenvalue weighted by molar-refractivity contribution is 5.56. The fraction of sp³-hybridized carbons (Fsp3) is 0.333. The molecule has 2 aromatic rings. The summed E-state index contributed by atoms with van der Waals surface area (Å²) in [7, 11) is 1.49. The van der Waals surface area contributed by atoms with Crippen molar-refractivity contribution in [2.24, 2.45) is 0 Å². The van der Waals surface area contributed by atoms with Gasteiger partial charge in [0, 0.05) is 17.8 Å². The van der Waals surface area contributed by atoms with E-state index in [1.54, 1.807) is 12.1 Å². The first-order valence-corrected chi connectivity index (χ1v) is 7.45. The van der Waals surface area contributed by atoms with Gasteiger partial charge in [-0.05, 0) is 48.9 Å². The van der Waals surface area contributed by atoms with Crippen LogP contribution in [-0.2, 0) is 19.4 Å². The third kappa shape index (κ3) is 2.87. The topological polar surface area (TPSA) is 21.3 Å². The van der Waals surface area contributed by atoms with E-state index in [0.29, 0.717) is 17.9 Å². The molecular weight excluding hydrogens is 265 g/mol. The van der Waals surface area contributed by atoms with Gasteiger partial charge in [-0.2, -0.15) is 0 Å². The highest BCUT2D eigenvalue weighted by atomic mass is 19.1. The number of rotatable bonds is 4. The summed E-state index contributed by atoms with van der Waals surface area (Å²) in [5, 5.41) is 3.39. The van der Waals surface area contributed by atoms with Crippen molar-refractivity contribution in [3.63, 3.8) is 0 Å². The predicted molar refractivity (Wildman–Crippen MR) is 83.4 cm³/mol. The molecule has 110 valence electrons. The van der Waals surface area contributed by atoms with E-state index in [-0.39, 0.29) is 5.82 Å². The maximum absolute atomic E-state index is 14.1. The Bertz CT molecular complexity index is 639. The van der Waals surface area contributed by atoms with Crippen molar-refractivity contribution in [2.45, 2.75) is 32.2 Å². The van der Waals surface area contributed by atoms with Gasteiger partial charge in [-0.15, -0.1) is 0 Å². The third-order valence-electron chi connectivity index (χ3n) is 4.13. The average Bonchev–Trinajstić information content (AvgIpc) is 2.54. The van der Waals surface area contributed by atoms with E-state index < -0.39 is 0 Å². The number of nitrogens with one attached hydrogen (secondary N) is 1. The SMILES string of the molecule is COc1cccc(CNc2cccc3c2CCCC3)c1F. The first kappa shape index (κ1) is 13.9. The molecule has 1 N–H and O–H groups in total. The van der Waals surface area contributed by atoms with Crippen LogP contribution in [0, 0.1) is 5.82 Å². The highest BCUT2D eigenvalue weighted by Gasteiger charge is 2.13. The van der Waals surface area contributed by atoms with Crippen molar-refractivity contribution in [1.82, 2.24) is 0 Å². The molecule has 0 unspecified atom stereocenters. The highest BCUT2D eigenvalue weighted by Crippen LogP contribution is 2.28. The second-order valence-corrected chi connectivity index (χ2v) is 5.44. The van der Waals surface area contributed by atoms with E-state index in [2.05, 4.69) is 23.5 Å². The smallest absolute Gasteiger partial charge is 0.170 e. The van der Waals surface area contributed by atoms with Gasteiger partial charge in [-0.1, -0.05) is 24.3 Å². The zero-order valence-electron chi connectivity index (χ0n) is 12.3. The summed E-state index contributed by atoms with van der Waals surface area (Å²) in [5.41, 5.74) is 4.58. The van der Waals surface area contributed by atoms with Crippen LogP contribution in [-0.4, -0.2) is 7.11 Å². The molecule has 0 saturated carbocycles. The molecule has 0 atom stereocenters. The van der Waals surface area contributed by atoms with Crippen LogP contribution >= 0.6 is 0 Å². The Hall–Kier alpha value is -2.03. The maximum Gasteiger partial charge on any atom is 0.170 e. The number of methoxy groups -OCH3 is 1. The molecule has 0 heterocycles. The van der Waals surface area contributed by atoms with Gasteiger partial charge < -0.3 is 10.1 Å². The molecule has 0 radical (unpaired) electrons. The Morgan fingerprint density at radius 2 is 1.90 bits per heavy atom. The van der Waals surface area contributed by atoms with Crippen molar-refractivity contribution in [2.75, 3.05) is 12.4 Å². The molecule has 2 aromatic carbocycles. The van der Waals surface area contributed by atoms with Crippen LogP contribution < -0.4 is 10.1 Å². The molecule has 1 aliphatic rings. The lowest BCUT2D eigenvalue weighted by atomic mass is 9.90. The quantitative estimate of drug-likeness (QED) is 0.903. The average molecular weight is 285 g/mol. The second-order valence-electron chi connectivity index (χ2n) is 5.44. The van der Waals surface area contributed by atoms with E-state index in [1.165, 1.54) is 31.1 Å². The van der Waals surface area contributed by atoms with Gasteiger partial charge in [0.15, 0.2) is 11.6 Å². The van der Waals surface area contributed by atoms with Crippen molar-refractivity contribution in [3.05, 3.63) is 58.9 Å². The van der Waals surface area contributed by atoms with Crippen LogP contribution in [0.3, 0.4) is 0 Å². The predicted octanol–water partition coefficient (Wildman–Crippen LogP) is 4.33. The summed E-state index contributed by atoms with van der Waals surface area (Å²) in [6.07, 6.45) is 4.76. The van der Waals surface area contributed by atoms with Gasteiger partial charge in [0.2, 0.25) is 0 Å². The Morgan fingerprint density at radius 3 is 2.76 bits per heavy atom. The minimum absolute atomic E-state index is 0.280. The Labute approximate surface area is 125 Å². The van der Waals surface area contributed by atoms with Gasteiger partial charge in [-0.3, -0.25) is 0 Å². The molecule has 0 amide bonds. The van der Waals surface area contributed by atoms with Crippen LogP contribution in [0.1, 0.15) is 29.5 Å². The fourth-order valence-corrected chi connectivity index (χ4v) is 2.99. The summed E-state index contributed by atoms with van der Waals surface area (Å²) >= 11 is 0. The van der Waals surface area contributed by atoms with Gasteiger partial charge >= 0.3 is 0 Å². The summed E-state index contributed by atoms with van der Waals surface area (Å²) in [6.45, 7) is 0.472. The molecule has 0 fully saturated rings. The number of benzene rings is 2. The maximum atomic E-state index is 14.1. The number of halogens is 1. The summed E-state index contributed by atoms with van der Waals surface area (Å²) < 4.78 is 19.2. The van der Waals surface area contributed by atoms with Gasteiger partial charge in [0.25, 0.3) is 0 Å². The first-order chi connectivity index (χ1) is 10.3. The Balaban J connectivity index is 1.80. The molecule has 2 nitrogen and oxygen atoms in total. The molecule has 21 heavy (non-hydrogen) atoms. The summed E-state index contributed by atoms with van der Waals surface area (Å²) in [4.78, 5) is 0. The minimum Gasteiger partial charge on any atom is -0.494 e. The van der Waals surface area contributed by atoms with Crippen LogP contribution in [0.25, 0.3) is 0 Å². The molecule has 0 saturated heterocycles. The first-order valence-electron chi connectivity index (χ1n) is 7.45. The van der Waals surface area contributed by atoms with E-state index >= 15 is 0 Å². The van der Waals surface area contributed by atoms with Crippen molar-refractivity contribution in [1.29, 1.82) is 0 Å². The van der Waals surface area contributed by atoms with E-state index in [1.807, 2.05) is 6.07 Å². The summed E-state index contributed by atoms with van der Waals surface area (Å²) in [5.74, 6) is 0.0155. The van der Waals surface area contributed by atoms with Gasteiger partial charge in [0.1, 0.15) is 0 Å². The normalized spacial score (nSPS) is 13.6. The number of hydrogen-bond acceptors (Lipinski definition) is 2. The molecule has 1 aliphatic carbocycles.